The number of ether oxygens (including phenoxy) is 2. The van der Waals surface area contributed by atoms with Gasteiger partial charge in [-0.1, -0.05) is 17.7 Å². The number of methoxy groups -OCH3 is 1. The summed E-state index contributed by atoms with van der Waals surface area (Å²) in [5.41, 5.74) is 1.96. The summed E-state index contributed by atoms with van der Waals surface area (Å²) in [4.78, 5) is 22.6. The summed E-state index contributed by atoms with van der Waals surface area (Å²) >= 11 is 7.71. The summed E-state index contributed by atoms with van der Waals surface area (Å²) in [5.74, 6) is 0.900. The molecule has 5 nitrogen and oxygen atoms in total. The van der Waals surface area contributed by atoms with Gasteiger partial charge in [-0.2, -0.15) is 0 Å². The van der Waals surface area contributed by atoms with Gasteiger partial charge in [0, 0.05) is 16.0 Å². The Balaban J connectivity index is 1.52. The molecule has 5 rings (SSSR count). The lowest BCUT2D eigenvalue weighted by Gasteiger charge is -2.13. The third-order valence-corrected chi connectivity index (χ3v) is 7.24. The normalized spacial score (nSPS) is 13.2. The van der Waals surface area contributed by atoms with Gasteiger partial charge in [-0.25, -0.2) is 9.37 Å². The molecule has 2 heterocycles. The third kappa shape index (κ3) is 3.76. The van der Waals surface area contributed by atoms with Crippen LogP contribution in [0, 0.1) is 5.82 Å². The first-order chi connectivity index (χ1) is 15.5. The molecule has 0 spiro atoms. The smallest absolute Gasteiger partial charge is 0.260 e. The first kappa shape index (κ1) is 21.0. The number of aryl methyl sites for hydroxylation is 2. The molecule has 1 aliphatic carbocycles. The van der Waals surface area contributed by atoms with Crippen molar-refractivity contribution >= 4 is 33.2 Å². The molecule has 0 aliphatic heterocycles. The molecular weight excluding hydrogens is 451 g/mol. The minimum Gasteiger partial charge on any atom is -0.493 e. The number of fused-ring (bicyclic) bond motifs is 3. The Labute approximate surface area is 192 Å². The van der Waals surface area contributed by atoms with Crippen molar-refractivity contribution in [1.29, 1.82) is 0 Å². The SMILES string of the molecule is COc1ccc(-c2nc3sc4c(c3c(=O)[nH]2)CCCC4)cc1OCc1c(F)cccc1Cl. The van der Waals surface area contributed by atoms with E-state index in [1.807, 2.05) is 0 Å². The fourth-order valence-corrected chi connectivity index (χ4v) is 5.54. The maximum atomic E-state index is 14.1. The van der Waals surface area contributed by atoms with E-state index in [2.05, 4.69) is 4.98 Å². The lowest BCUT2D eigenvalue weighted by atomic mass is 9.97. The number of thiophene rings is 1. The van der Waals surface area contributed by atoms with E-state index in [1.165, 1.54) is 18.1 Å². The van der Waals surface area contributed by atoms with Crippen molar-refractivity contribution < 1.29 is 13.9 Å². The van der Waals surface area contributed by atoms with E-state index < -0.39 is 5.82 Å². The molecule has 32 heavy (non-hydrogen) atoms. The molecule has 164 valence electrons. The highest BCUT2D eigenvalue weighted by Crippen LogP contribution is 2.36. The molecule has 0 fully saturated rings. The molecule has 1 aliphatic rings. The van der Waals surface area contributed by atoms with Gasteiger partial charge in [-0.05, 0) is 61.6 Å². The van der Waals surface area contributed by atoms with Crippen LogP contribution in [0.5, 0.6) is 11.5 Å². The van der Waals surface area contributed by atoms with E-state index in [9.17, 15) is 9.18 Å². The number of halogens is 2. The van der Waals surface area contributed by atoms with Crippen LogP contribution in [0.25, 0.3) is 21.6 Å². The van der Waals surface area contributed by atoms with Crippen LogP contribution in [0.15, 0.2) is 41.2 Å². The molecule has 2 aromatic heterocycles. The monoisotopic (exact) mass is 470 g/mol. The number of nitrogens with one attached hydrogen (secondary N) is 1. The fourth-order valence-electron chi connectivity index (χ4n) is 4.06. The molecule has 0 amide bonds. The fraction of sp³-hybridized carbons (Fsp3) is 0.250. The molecular formula is C24H20ClFN2O3S. The van der Waals surface area contributed by atoms with E-state index in [1.54, 1.807) is 41.7 Å². The molecule has 1 N–H and O–H groups in total. The molecule has 0 saturated heterocycles. The number of hydrogen-bond acceptors (Lipinski definition) is 5. The van der Waals surface area contributed by atoms with Gasteiger partial charge in [0.1, 0.15) is 23.1 Å². The zero-order chi connectivity index (χ0) is 22.2. The number of hydrogen-bond donors (Lipinski definition) is 1. The zero-order valence-electron chi connectivity index (χ0n) is 17.3. The standard InChI is InChI=1S/C24H20ClFN2O3S/c1-30-18-10-9-13(11-19(18)31-12-15-16(25)6-4-7-17(15)26)22-27-23(29)21-14-5-2-3-8-20(14)32-24(21)28-22/h4,6-7,9-11H,2-3,5,8,12H2,1H3,(H,27,28,29). The number of benzene rings is 2. The Morgan fingerprint density at radius 2 is 2.03 bits per heavy atom. The second kappa shape index (κ2) is 8.56. The van der Waals surface area contributed by atoms with Gasteiger partial charge < -0.3 is 14.5 Å². The second-order valence-electron chi connectivity index (χ2n) is 7.66. The Morgan fingerprint density at radius 3 is 2.84 bits per heavy atom. The Hall–Kier alpha value is -2.90. The van der Waals surface area contributed by atoms with Crippen LogP contribution in [-0.2, 0) is 19.4 Å². The summed E-state index contributed by atoms with van der Waals surface area (Å²) in [6.45, 7) is -0.0635. The third-order valence-electron chi connectivity index (χ3n) is 5.70. The van der Waals surface area contributed by atoms with Crippen molar-refractivity contribution in [2.75, 3.05) is 7.11 Å². The lowest BCUT2D eigenvalue weighted by molar-refractivity contribution is 0.280. The number of nitrogens with zero attached hydrogens (tertiary/aromatic N) is 1. The highest BCUT2D eigenvalue weighted by molar-refractivity contribution is 7.18. The van der Waals surface area contributed by atoms with Crippen molar-refractivity contribution in [1.82, 2.24) is 9.97 Å². The van der Waals surface area contributed by atoms with Crippen LogP contribution in [0.3, 0.4) is 0 Å². The Bertz CT molecular complexity index is 1360. The molecule has 0 unspecified atom stereocenters. The van der Waals surface area contributed by atoms with Crippen molar-refractivity contribution in [2.45, 2.75) is 32.3 Å². The van der Waals surface area contributed by atoms with E-state index >= 15 is 0 Å². The Morgan fingerprint density at radius 1 is 1.19 bits per heavy atom. The number of rotatable bonds is 5. The van der Waals surface area contributed by atoms with Crippen LogP contribution in [0.4, 0.5) is 4.39 Å². The molecule has 8 heteroatoms. The van der Waals surface area contributed by atoms with Gasteiger partial charge >= 0.3 is 0 Å². The van der Waals surface area contributed by atoms with Crippen molar-refractivity contribution in [3.05, 3.63) is 73.6 Å². The van der Waals surface area contributed by atoms with Gasteiger partial charge in [0.2, 0.25) is 0 Å². The van der Waals surface area contributed by atoms with Crippen LogP contribution in [0.1, 0.15) is 28.8 Å². The van der Waals surface area contributed by atoms with E-state index in [0.29, 0.717) is 33.3 Å². The quantitative estimate of drug-likeness (QED) is 0.394. The van der Waals surface area contributed by atoms with E-state index in [4.69, 9.17) is 26.1 Å². The van der Waals surface area contributed by atoms with Crippen LogP contribution in [-0.4, -0.2) is 17.1 Å². The topological polar surface area (TPSA) is 64.2 Å². The molecule has 0 saturated carbocycles. The largest absolute Gasteiger partial charge is 0.493 e. The summed E-state index contributed by atoms with van der Waals surface area (Å²) in [6.07, 6.45) is 4.18. The molecule has 4 aromatic rings. The highest BCUT2D eigenvalue weighted by atomic mass is 35.5. The molecule has 2 aromatic carbocycles. The maximum Gasteiger partial charge on any atom is 0.260 e. The van der Waals surface area contributed by atoms with Gasteiger partial charge in [-0.3, -0.25) is 4.79 Å². The van der Waals surface area contributed by atoms with Gasteiger partial charge in [0.15, 0.2) is 11.5 Å². The average Bonchev–Trinajstić information content (AvgIpc) is 3.17. The predicted octanol–water partition coefficient (Wildman–Crippen LogP) is 5.91. The lowest BCUT2D eigenvalue weighted by Crippen LogP contribution is -2.11. The van der Waals surface area contributed by atoms with Crippen molar-refractivity contribution in [3.63, 3.8) is 0 Å². The van der Waals surface area contributed by atoms with Gasteiger partial charge in [0.05, 0.1) is 17.5 Å². The van der Waals surface area contributed by atoms with E-state index in [-0.39, 0.29) is 17.7 Å². The minimum atomic E-state index is -0.439. The van der Waals surface area contributed by atoms with Crippen molar-refractivity contribution in [3.8, 4) is 22.9 Å². The number of aromatic nitrogens is 2. The molecule has 0 atom stereocenters. The van der Waals surface area contributed by atoms with Crippen LogP contribution in [0.2, 0.25) is 5.02 Å². The van der Waals surface area contributed by atoms with Crippen LogP contribution >= 0.6 is 22.9 Å². The van der Waals surface area contributed by atoms with Gasteiger partial charge in [-0.15, -0.1) is 11.3 Å². The van der Waals surface area contributed by atoms with Crippen LogP contribution < -0.4 is 15.0 Å². The predicted molar refractivity (Wildman–Crippen MR) is 125 cm³/mol. The first-order valence-electron chi connectivity index (χ1n) is 10.3. The summed E-state index contributed by atoms with van der Waals surface area (Å²) in [5, 5.41) is 1.01. The number of H-pyrrole nitrogens is 1. The van der Waals surface area contributed by atoms with Crippen molar-refractivity contribution in [2.24, 2.45) is 0 Å². The first-order valence-corrected chi connectivity index (χ1v) is 11.5. The molecule has 0 bridgehead atoms. The number of aromatic amines is 1. The zero-order valence-corrected chi connectivity index (χ0v) is 18.9. The minimum absolute atomic E-state index is 0.0635. The average molecular weight is 471 g/mol. The second-order valence-corrected chi connectivity index (χ2v) is 9.15. The maximum absolute atomic E-state index is 14.1. The Kier molecular flexibility index (Phi) is 5.61. The molecule has 0 radical (unpaired) electrons. The highest BCUT2D eigenvalue weighted by Gasteiger charge is 2.20. The summed E-state index contributed by atoms with van der Waals surface area (Å²) in [7, 11) is 1.53. The van der Waals surface area contributed by atoms with E-state index in [0.717, 1.165) is 36.1 Å². The summed E-state index contributed by atoms with van der Waals surface area (Å²) in [6, 6.07) is 9.76. The summed E-state index contributed by atoms with van der Waals surface area (Å²) < 4.78 is 25.4. The van der Waals surface area contributed by atoms with Gasteiger partial charge in [0.25, 0.3) is 5.56 Å².